The van der Waals surface area contributed by atoms with Gasteiger partial charge in [-0.05, 0) is 43.9 Å². The van der Waals surface area contributed by atoms with Crippen molar-refractivity contribution in [3.63, 3.8) is 0 Å². The molecule has 15 heavy (non-hydrogen) atoms. The predicted molar refractivity (Wildman–Crippen MR) is 45.9 cm³/mol. The Balaban J connectivity index is 2.08. The summed E-state index contributed by atoms with van der Waals surface area (Å²) >= 11 is 0. The van der Waals surface area contributed by atoms with Crippen LogP contribution in [0.15, 0.2) is 0 Å². The average Bonchev–Trinajstić information content (AvgIpc) is 2.13. The predicted octanol–water partition coefficient (Wildman–Crippen LogP) is 1.20. The molecule has 0 aliphatic heterocycles. The van der Waals surface area contributed by atoms with Crippen LogP contribution in [-0.2, 0) is 4.79 Å². The van der Waals surface area contributed by atoms with Crippen LogP contribution in [0.5, 0.6) is 0 Å². The molecule has 4 rings (SSSR count). The lowest BCUT2D eigenvalue weighted by atomic mass is 9.47. The largest absolute Gasteiger partial charge is 0.549 e. The molecule has 0 aromatic carbocycles. The number of rotatable bonds is 1. The van der Waals surface area contributed by atoms with Crippen molar-refractivity contribution in [2.24, 2.45) is 23.2 Å². The SMILES string of the molecule is O=C([O-])C12C[C@@H]3CC(C[C@@H](C3)C1)C2(F)F. The van der Waals surface area contributed by atoms with Crippen molar-refractivity contribution in [3.8, 4) is 0 Å². The molecule has 0 N–H and O–H groups in total. The molecular weight excluding hydrogens is 202 g/mol. The van der Waals surface area contributed by atoms with E-state index in [9.17, 15) is 18.7 Å². The van der Waals surface area contributed by atoms with E-state index in [1.165, 1.54) is 0 Å². The summed E-state index contributed by atoms with van der Waals surface area (Å²) in [5.74, 6) is -4.88. The molecular formula is C11H13F2O2-. The number of carbonyl (C=O) groups is 1. The van der Waals surface area contributed by atoms with Gasteiger partial charge in [-0.1, -0.05) is 0 Å². The Morgan fingerprint density at radius 3 is 2.13 bits per heavy atom. The lowest BCUT2D eigenvalue weighted by Crippen LogP contribution is -2.66. The van der Waals surface area contributed by atoms with Gasteiger partial charge in [0.05, 0.1) is 11.4 Å². The van der Waals surface area contributed by atoms with Gasteiger partial charge in [0.2, 0.25) is 0 Å². The maximum atomic E-state index is 14.0. The molecule has 2 unspecified atom stereocenters. The molecule has 0 heterocycles. The van der Waals surface area contributed by atoms with Gasteiger partial charge in [-0.2, -0.15) is 0 Å². The molecule has 4 saturated carbocycles. The van der Waals surface area contributed by atoms with E-state index in [4.69, 9.17) is 0 Å². The zero-order valence-electron chi connectivity index (χ0n) is 8.34. The highest BCUT2D eigenvalue weighted by molar-refractivity contribution is 5.75. The minimum Gasteiger partial charge on any atom is -0.549 e. The topological polar surface area (TPSA) is 40.1 Å². The highest BCUT2D eigenvalue weighted by Crippen LogP contribution is 2.66. The highest BCUT2D eigenvalue weighted by Gasteiger charge is 2.68. The number of carboxylic acid groups (broad SMARTS) is 1. The summed E-state index contributed by atoms with van der Waals surface area (Å²) in [6, 6.07) is 0. The average molecular weight is 215 g/mol. The summed E-state index contributed by atoms with van der Waals surface area (Å²) in [5.41, 5.74) is -1.83. The molecule has 4 bridgehead atoms. The number of carboxylic acids is 1. The first-order valence-corrected chi connectivity index (χ1v) is 5.55. The molecule has 0 amide bonds. The van der Waals surface area contributed by atoms with Crippen LogP contribution in [0.2, 0.25) is 0 Å². The Kier molecular flexibility index (Phi) is 1.61. The summed E-state index contributed by atoms with van der Waals surface area (Å²) in [6.45, 7) is 0. The Morgan fingerprint density at radius 1 is 1.13 bits per heavy atom. The van der Waals surface area contributed by atoms with Crippen LogP contribution in [0.1, 0.15) is 32.1 Å². The molecule has 0 aromatic heterocycles. The van der Waals surface area contributed by atoms with Crippen LogP contribution in [-0.4, -0.2) is 11.9 Å². The lowest BCUT2D eigenvalue weighted by molar-refractivity contribution is -0.352. The van der Waals surface area contributed by atoms with Crippen LogP contribution < -0.4 is 5.11 Å². The fraction of sp³-hybridized carbons (Fsp3) is 0.909. The molecule has 0 spiro atoms. The Morgan fingerprint density at radius 2 is 1.67 bits per heavy atom. The van der Waals surface area contributed by atoms with Crippen molar-refractivity contribution in [1.29, 1.82) is 0 Å². The van der Waals surface area contributed by atoms with Gasteiger partial charge in [0.15, 0.2) is 0 Å². The van der Waals surface area contributed by atoms with Gasteiger partial charge in [0, 0.05) is 5.92 Å². The molecule has 4 atom stereocenters. The first-order valence-electron chi connectivity index (χ1n) is 5.55. The van der Waals surface area contributed by atoms with Crippen LogP contribution in [0.3, 0.4) is 0 Å². The number of aliphatic carboxylic acids is 1. The summed E-state index contributed by atoms with van der Waals surface area (Å²) in [6.07, 6.45) is 2.24. The minimum absolute atomic E-state index is 0.134. The van der Waals surface area contributed by atoms with E-state index in [1.54, 1.807) is 0 Å². The molecule has 4 aliphatic carbocycles. The fourth-order valence-electron chi connectivity index (χ4n) is 4.23. The number of carbonyl (C=O) groups excluding carboxylic acids is 1. The second-order valence-electron chi connectivity index (χ2n) is 5.54. The van der Waals surface area contributed by atoms with Crippen LogP contribution in [0, 0.1) is 23.2 Å². The van der Waals surface area contributed by atoms with E-state index in [0.29, 0.717) is 12.8 Å². The molecule has 0 aromatic rings. The van der Waals surface area contributed by atoms with Crippen LogP contribution >= 0.6 is 0 Å². The lowest BCUT2D eigenvalue weighted by Gasteiger charge is -2.60. The summed E-state index contributed by atoms with van der Waals surface area (Å²) in [5, 5.41) is 11.1. The van der Waals surface area contributed by atoms with Crippen molar-refractivity contribution in [3.05, 3.63) is 0 Å². The maximum absolute atomic E-state index is 14.0. The van der Waals surface area contributed by atoms with Gasteiger partial charge < -0.3 is 9.90 Å². The molecule has 0 saturated heterocycles. The Bertz CT molecular complexity index is 313. The number of alkyl halides is 2. The summed E-state index contributed by atoms with van der Waals surface area (Å²) in [7, 11) is 0. The van der Waals surface area contributed by atoms with E-state index in [-0.39, 0.29) is 24.7 Å². The van der Waals surface area contributed by atoms with Gasteiger partial charge in [-0.15, -0.1) is 0 Å². The van der Waals surface area contributed by atoms with E-state index in [1.807, 2.05) is 0 Å². The van der Waals surface area contributed by atoms with Crippen molar-refractivity contribution in [1.82, 2.24) is 0 Å². The van der Waals surface area contributed by atoms with E-state index >= 15 is 0 Å². The van der Waals surface area contributed by atoms with E-state index < -0.39 is 23.2 Å². The normalized spacial score (nSPS) is 50.7. The van der Waals surface area contributed by atoms with Crippen LogP contribution in [0.25, 0.3) is 0 Å². The third-order valence-electron chi connectivity index (χ3n) is 4.72. The van der Waals surface area contributed by atoms with Crippen molar-refractivity contribution < 1.29 is 18.7 Å². The fourth-order valence-corrected chi connectivity index (χ4v) is 4.23. The van der Waals surface area contributed by atoms with E-state index in [0.717, 1.165) is 6.42 Å². The molecule has 4 heteroatoms. The molecule has 0 radical (unpaired) electrons. The van der Waals surface area contributed by atoms with Gasteiger partial charge in [0.25, 0.3) is 5.92 Å². The van der Waals surface area contributed by atoms with Gasteiger partial charge in [-0.3, -0.25) is 0 Å². The van der Waals surface area contributed by atoms with Crippen molar-refractivity contribution >= 4 is 5.97 Å². The standard InChI is InChI=1S/C11H14F2O2/c12-11(13)8-2-6-1-7(3-8)5-10(11,4-6)9(14)15/h6-8H,1-5H2,(H,14,15)/p-1/t6-,7+,8?,10?. The first-order chi connectivity index (χ1) is 6.96. The Labute approximate surface area is 86.7 Å². The maximum Gasteiger partial charge on any atom is 0.261 e. The Hall–Kier alpha value is -0.670. The van der Waals surface area contributed by atoms with Crippen LogP contribution in [0.4, 0.5) is 8.78 Å². The quantitative estimate of drug-likeness (QED) is 0.659. The zero-order chi connectivity index (χ0) is 10.8. The summed E-state index contributed by atoms with van der Waals surface area (Å²) < 4.78 is 28.0. The second-order valence-corrected chi connectivity index (χ2v) is 5.54. The van der Waals surface area contributed by atoms with E-state index in [2.05, 4.69) is 0 Å². The smallest absolute Gasteiger partial charge is 0.261 e. The zero-order valence-corrected chi connectivity index (χ0v) is 8.34. The van der Waals surface area contributed by atoms with Gasteiger partial charge >= 0.3 is 0 Å². The first kappa shape index (κ1) is 9.55. The van der Waals surface area contributed by atoms with Gasteiger partial charge in [-0.25, -0.2) is 8.78 Å². The van der Waals surface area contributed by atoms with Gasteiger partial charge in [0.1, 0.15) is 0 Å². The van der Waals surface area contributed by atoms with Crippen molar-refractivity contribution in [2.75, 3.05) is 0 Å². The number of hydrogen-bond acceptors (Lipinski definition) is 2. The molecule has 4 fully saturated rings. The minimum atomic E-state index is -3.04. The number of hydrogen-bond donors (Lipinski definition) is 0. The molecule has 2 nitrogen and oxygen atoms in total. The van der Waals surface area contributed by atoms with Crippen molar-refractivity contribution in [2.45, 2.75) is 38.0 Å². The summed E-state index contributed by atoms with van der Waals surface area (Å²) in [4.78, 5) is 11.1. The number of halogens is 2. The highest BCUT2D eigenvalue weighted by atomic mass is 19.3. The second kappa shape index (κ2) is 2.53. The molecule has 84 valence electrons. The third-order valence-corrected chi connectivity index (χ3v) is 4.72. The molecule has 4 aliphatic rings. The third kappa shape index (κ3) is 0.955. The monoisotopic (exact) mass is 215 g/mol.